The first-order chi connectivity index (χ1) is 9.45. The molecule has 1 N–H and O–H groups in total. The maximum atomic E-state index is 12.4. The summed E-state index contributed by atoms with van der Waals surface area (Å²) in [5, 5.41) is 7.57. The molecule has 5 nitrogen and oxygen atoms in total. The maximum Gasteiger partial charge on any atom is 0.295 e. The highest BCUT2D eigenvalue weighted by Gasteiger charge is 2.16. The Morgan fingerprint density at radius 1 is 1.20 bits per heavy atom. The summed E-state index contributed by atoms with van der Waals surface area (Å²) in [7, 11) is 5.68. The molecule has 2 rings (SSSR count). The van der Waals surface area contributed by atoms with E-state index in [1.807, 2.05) is 68.0 Å². The van der Waals surface area contributed by atoms with E-state index in [1.165, 1.54) is 0 Å². The Balaban J connectivity index is 0.000000612. The molecule has 0 fully saturated rings. The topological polar surface area (TPSA) is 50.4 Å². The van der Waals surface area contributed by atoms with Crippen LogP contribution in [0.15, 0.2) is 35.1 Å². The number of benzene rings is 1. The number of hydrogen-bond acceptors (Lipinski definition) is 3. The van der Waals surface area contributed by atoms with Gasteiger partial charge in [-0.15, -0.1) is 0 Å². The van der Waals surface area contributed by atoms with Crippen LogP contribution in [0.1, 0.15) is 12.6 Å². The zero-order valence-electron chi connectivity index (χ0n) is 12.8. The molecule has 0 aliphatic carbocycles. The number of aliphatic hydroxyl groups is 1. The molecule has 20 heavy (non-hydrogen) atoms. The summed E-state index contributed by atoms with van der Waals surface area (Å²) in [4.78, 5) is 14.2. The van der Waals surface area contributed by atoms with Gasteiger partial charge in [0, 0.05) is 27.7 Å². The third-order valence-corrected chi connectivity index (χ3v) is 2.97. The van der Waals surface area contributed by atoms with Crippen LogP contribution < -0.4 is 10.5 Å². The van der Waals surface area contributed by atoms with E-state index in [9.17, 15) is 4.79 Å². The molecule has 1 heterocycles. The van der Waals surface area contributed by atoms with Crippen LogP contribution in [0.25, 0.3) is 5.69 Å². The van der Waals surface area contributed by atoms with Gasteiger partial charge in [0.15, 0.2) is 0 Å². The van der Waals surface area contributed by atoms with Gasteiger partial charge in [0.1, 0.15) is 5.69 Å². The number of rotatable bonds is 2. The summed E-state index contributed by atoms with van der Waals surface area (Å²) >= 11 is 0. The van der Waals surface area contributed by atoms with Crippen molar-refractivity contribution in [1.82, 2.24) is 9.36 Å². The van der Waals surface area contributed by atoms with Crippen LogP contribution in [-0.4, -0.2) is 35.2 Å². The summed E-state index contributed by atoms with van der Waals surface area (Å²) < 4.78 is 3.57. The van der Waals surface area contributed by atoms with Crippen molar-refractivity contribution >= 4 is 5.69 Å². The van der Waals surface area contributed by atoms with Gasteiger partial charge in [-0.3, -0.25) is 9.48 Å². The van der Waals surface area contributed by atoms with Crippen molar-refractivity contribution in [3.8, 4) is 5.69 Å². The highest BCUT2D eigenvalue weighted by Crippen LogP contribution is 2.15. The van der Waals surface area contributed by atoms with Gasteiger partial charge in [-0.05, 0) is 26.0 Å². The van der Waals surface area contributed by atoms with Gasteiger partial charge >= 0.3 is 0 Å². The van der Waals surface area contributed by atoms with Crippen molar-refractivity contribution in [2.75, 3.05) is 25.6 Å². The van der Waals surface area contributed by atoms with Crippen molar-refractivity contribution in [2.45, 2.75) is 13.8 Å². The van der Waals surface area contributed by atoms with Crippen LogP contribution in [-0.2, 0) is 7.05 Å². The average molecular weight is 277 g/mol. The first kappa shape index (κ1) is 16.0. The van der Waals surface area contributed by atoms with E-state index in [4.69, 9.17) is 5.11 Å². The van der Waals surface area contributed by atoms with E-state index in [0.29, 0.717) is 0 Å². The van der Waals surface area contributed by atoms with Gasteiger partial charge < -0.3 is 10.0 Å². The van der Waals surface area contributed by atoms with Gasteiger partial charge in [0.25, 0.3) is 5.56 Å². The molecule has 0 amide bonds. The van der Waals surface area contributed by atoms with Crippen molar-refractivity contribution in [1.29, 1.82) is 0 Å². The fraction of sp³-hybridized carbons (Fsp3) is 0.400. The molecule has 1 aromatic carbocycles. The Morgan fingerprint density at radius 2 is 1.70 bits per heavy atom. The summed E-state index contributed by atoms with van der Waals surface area (Å²) in [5.74, 6) is 0. The molecule has 0 spiro atoms. The molecule has 0 saturated carbocycles. The second kappa shape index (κ2) is 6.96. The number of nitrogens with zero attached hydrogens (tertiary/aromatic N) is 3. The van der Waals surface area contributed by atoms with Crippen LogP contribution in [0, 0.1) is 6.92 Å². The number of hydrogen-bond donors (Lipinski definition) is 1. The standard InChI is InChI=1S/C13H17N3O.C2H6O/c1-10-12(14(2)3)13(17)16(15(10)4)11-8-6-5-7-9-11;1-2-3/h5-9H,1-4H3;3H,2H2,1H3. The molecule has 0 aliphatic heterocycles. The van der Waals surface area contributed by atoms with Gasteiger partial charge in [0.05, 0.1) is 11.4 Å². The smallest absolute Gasteiger partial charge is 0.295 e. The van der Waals surface area contributed by atoms with Gasteiger partial charge in [-0.25, -0.2) is 4.68 Å². The van der Waals surface area contributed by atoms with E-state index in [2.05, 4.69) is 0 Å². The minimum atomic E-state index is 0.0150. The Kier molecular flexibility index (Phi) is 5.58. The summed E-state index contributed by atoms with van der Waals surface area (Å²) in [6.07, 6.45) is 0. The number of para-hydroxylation sites is 1. The second-order valence-electron chi connectivity index (χ2n) is 4.62. The van der Waals surface area contributed by atoms with Crippen LogP contribution in [0.3, 0.4) is 0 Å². The van der Waals surface area contributed by atoms with Crippen LogP contribution in [0.5, 0.6) is 0 Å². The maximum absolute atomic E-state index is 12.4. The lowest BCUT2D eigenvalue weighted by molar-refractivity contribution is 0.318. The van der Waals surface area contributed by atoms with Crippen LogP contribution >= 0.6 is 0 Å². The normalized spacial score (nSPS) is 9.90. The first-order valence-corrected chi connectivity index (χ1v) is 6.57. The molecule has 0 saturated heterocycles. The largest absolute Gasteiger partial charge is 0.397 e. The number of anilines is 1. The number of aromatic nitrogens is 2. The Labute approximate surface area is 119 Å². The van der Waals surface area contributed by atoms with Crippen LogP contribution in [0.4, 0.5) is 5.69 Å². The Bertz CT molecular complexity index is 598. The number of aliphatic hydroxyl groups excluding tert-OH is 1. The monoisotopic (exact) mass is 277 g/mol. The van der Waals surface area contributed by atoms with Crippen LogP contribution in [0.2, 0.25) is 0 Å². The molecule has 0 unspecified atom stereocenters. The lowest BCUT2D eigenvalue weighted by atomic mass is 10.3. The molecule has 0 aliphatic rings. The lowest BCUT2D eigenvalue weighted by Crippen LogP contribution is -2.23. The highest BCUT2D eigenvalue weighted by atomic mass is 16.2. The third kappa shape index (κ3) is 3.11. The molecule has 110 valence electrons. The predicted molar refractivity (Wildman–Crippen MR) is 82.8 cm³/mol. The summed E-state index contributed by atoms with van der Waals surface area (Å²) in [5.41, 5.74) is 2.60. The van der Waals surface area contributed by atoms with Crippen molar-refractivity contribution in [3.05, 3.63) is 46.4 Å². The van der Waals surface area contributed by atoms with Gasteiger partial charge in [-0.2, -0.15) is 0 Å². The molecule has 2 aromatic rings. The molecule has 1 aromatic heterocycles. The fourth-order valence-electron chi connectivity index (χ4n) is 2.07. The average Bonchev–Trinajstić information content (AvgIpc) is 2.62. The first-order valence-electron chi connectivity index (χ1n) is 6.57. The van der Waals surface area contributed by atoms with E-state index in [1.54, 1.807) is 11.6 Å². The molecule has 5 heteroatoms. The zero-order chi connectivity index (χ0) is 15.3. The quantitative estimate of drug-likeness (QED) is 0.906. The van der Waals surface area contributed by atoms with E-state index < -0.39 is 0 Å². The third-order valence-electron chi connectivity index (χ3n) is 2.97. The molecule has 0 atom stereocenters. The minimum Gasteiger partial charge on any atom is -0.397 e. The molecular formula is C15H23N3O2. The SMILES string of the molecule is CCO.Cc1c(N(C)C)c(=O)n(-c2ccccc2)n1C. The van der Waals surface area contributed by atoms with Gasteiger partial charge in [-0.1, -0.05) is 18.2 Å². The van der Waals surface area contributed by atoms with Crippen molar-refractivity contribution in [3.63, 3.8) is 0 Å². The molecular weight excluding hydrogens is 254 g/mol. The van der Waals surface area contributed by atoms with E-state index in [-0.39, 0.29) is 12.2 Å². The summed E-state index contributed by atoms with van der Waals surface area (Å²) in [6, 6.07) is 9.66. The van der Waals surface area contributed by atoms with Crippen molar-refractivity contribution < 1.29 is 5.11 Å². The second-order valence-corrected chi connectivity index (χ2v) is 4.62. The summed E-state index contributed by atoms with van der Waals surface area (Å²) in [6.45, 7) is 3.89. The molecule has 0 radical (unpaired) electrons. The van der Waals surface area contributed by atoms with Gasteiger partial charge in [0.2, 0.25) is 0 Å². The predicted octanol–water partition coefficient (Wildman–Crippen LogP) is 1.55. The Morgan fingerprint density at radius 3 is 2.10 bits per heavy atom. The van der Waals surface area contributed by atoms with E-state index >= 15 is 0 Å². The fourth-order valence-corrected chi connectivity index (χ4v) is 2.07. The lowest BCUT2D eigenvalue weighted by Gasteiger charge is -2.09. The zero-order valence-corrected chi connectivity index (χ0v) is 12.8. The van der Waals surface area contributed by atoms with Crippen molar-refractivity contribution in [2.24, 2.45) is 7.05 Å². The molecule has 0 bridgehead atoms. The minimum absolute atomic E-state index is 0.0150. The highest BCUT2D eigenvalue weighted by molar-refractivity contribution is 5.50. The Hall–Kier alpha value is -2.01. The van der Waals surface area contributed by atoms with E-state index in [0.717, 1.165) is 17.1 Å².